The van der Waals surface area contributed by atoms with Crippen molar-refractivity contribution in [3.8, 4) is 11.3 Å². The van der Waals surface area contributed by atoms with Crippen LogP contribution in [0, 0.1) is 12.7 Å². The highest BCUT2D eigenvalue weighted by molar-refractivity contribution is 5.84. The Kier molecular flexibility index (Phi) is 5.61. The molecule has 160 valence electrons. The van der Waals surface area contributed by atoms with Gasteiger partial charge < -0.3 is 9.67 Å². The van der Waals surface area contributed by atoms with Crippen LogP contribution < -0.4 is 11.2 Å². The zero-order valence-corrected chi connectivity index (χ0v) is 17.5. The molecule has 2 heterocycles. The summed E-state index contributed by atoms with van der Waals surface area (Å²) >= 11 is 0. The minimum Gasteiger partial charge on any atom is -0.396 e. The Morgan fingerprint density at radius 2 is 1.71 bits per heavy atom. The standard InChI is InChI=1S/C24H24FN3O3/c1-16-6-3-4-7-19(16)20-14-21-22(28(20)15-17-8-10-18(25)11-9-17)23(30)27(12-5-13-29)24(31)26(21)2/h3-4,6-11,14,29H,5,12-13,15H2,1-2H3. The maximum atomic E-state index is 13.4. The van der Waals surface area contributed by atoms with Crippen molar-refractivity contribution in [2.24, 2.45) is 7.05 Å². The van der Waals surface area contributed by atoms with Gasteiger partial charge in [0.1, 0.15) is 11.3 Å². The van der Waals surface area contributed by atoms with Crippen LogP contribution >= 0.6 is 0 Å². The third-order valence-corrected chi connectivity index (χ3v) is 5.62. The first-order valence-corrected chi connectivity index (χ1v) is 10.2. The predicted molar refractivity (Wildman–Crippen MR) is 119 cm³/mol. The van der Waals surface area contributed by atoms with Crippen LogP contribution in [-0.4, -0.2) is 25.4 Å². The van der Waals surface area contributed by atoms with Gasteiger partial charge in [0.2, 0.25) is 0 Å². The quantitative estimate of drug-likeness (QED) is 0.520. The van der Waals surface area contributed by atoms with Crippen molar-refractivity contribution in [1.82, 2.24) is 13.7 Å². The van der Waals surface area contributed by atoms with E-state index in [9.17, 15) is 19.1 Å². The molecule has 0 bridgehead atoms. The summed E-state index contributed by atoms with van der Waals surface area (Å²) in [5, 5.41) is 9.19. The fourth-order valence-electron chi connectivity index (χ4n) is 3.96. The minimum atomic E-state index is -0.416. The lowest BCUT2D eigenvalue weighted by Crippen LogP contribution is -2.39. The summed E-state index contributed by atoms with van der Waals surface area (Å²) in [6.07, 6.45) is 0.309. The lowest BCUT2D eigenvalue weighted by molar-refractivity contribution is 0.277. The van der Waals surface area contributed by atoms with E-state index >= 15 is 0 Å². The summed E-state index contributed by atoms with van der Waals surface area (Å²) in [4.78, 5) is 26.2. The molecule has 0 amide bonds. The number of rotatable bonds is 6. The molecule has 0 saturated carbocycles. The number of aliphatic hydroxyl groups excluding tert-OH is 1. The number of fused-ring (bicyclic) bond motifs is 1. The van der Waals surface area contributed by atoms with E-state index in [1.165, 1.54) is 21.3 Å². The van der Waals surface area contributed by atoms with E-state index in [0.717, 1.165) is 22.4 Å². The van der Waals surface area contributed by atoms with E-state index in [1.54, 1.807) is 19.2 Å². The van der Waals surface area contributed by atoms with Crippen LogP contribution in [0.2, 0.25) is 0 Å². The number of nitrogens with zero attached hydrogens (tertiary/aromatic N) is 3. The number of benzene rings is 2. The van der Waals surface area contributed by atoms with Crippen LogP contribution in [-0.2, 0) is 20.1 Å². The second-order valence-electron chi connectivity index (χ2n) is 7.67. The molecule has 0 radical (unpaired) electrons. The highest BCUT2D eigenvalue weighted by Gasteiger charge is 2.20. The molecule has 0 spiro atoms. The summed E-state index contributed by atoms with van der Waals surface area (Å²) in [5.74, 6) is -0.325. The maximum absolute atomic E-state index is 13.4. The predicted octanol–water partition coefficient (Wildman–Crippen LogP) is 3.05. The number of halogens is 1. The molecular weight excluding hydrogens is 397 g/mol. The third kappa shape index (κ3) is 3.72. The first-order valence-electron chi connectivity index (χ1n) is 10.2. The van der Waals surface area contributed by atoms with Gasteiger partial charge in [-0.3, -0.25) is 13.9 Å². The average Bonchev–Trinajstić information content (AvgIpc) is 3.13. The number of aryl methyl sites for hydroxylation is 2. The van der Waals surface area contributed by atoms with Crippen LogP contribution in [0.3, 0.4) is 0 Å². The van der Waals surface area contributed by atoms with Crippen LogP contribution in [0.1, 0.15) is 17.5 Å². The molecule has 31 heavy (non-hydrogen) atoms. The number of hydrogen-bond donors (Lipinski definition) is 1. The molecule has 0 fully saturated rings. The van der Waals surface area contributed by atoms with Gasteiger partial charge in [0.05, 0.1) is 11.2 Å². The average molecular weight is 421 g/mol. The van der Waals surface area contributed by atoms with E-state index in [0.29, 0.717) is 24.0 Å². The van der Waals surface area contributed by atoms with Gasteiger partial charge in [0.15, 0.2) is 0 Å². The van der Waals surface area contributed by atoms with Crippen LogP contribution in [0.4, 0.5) is 4.39 Å². The SMILES string of the molecule is Cc1ccccc1-c1cc2c(c(=O)n(CCCO)c(=O)n2C)n1Cc1ccc(F)cc1. The molecule has 4 rings (SSSR count). The molecule has 0 aliphatic rings. The summed E-state index contributed by atoms with van der Waals surface area (Å²) < 4.78 is 18.0. The molecule has 0 saturated heterocycles. The lowest BCUT2D eigenvalue weighted by atomic mass is 10.1. The molecule has 1 N–H and O–H groups in total. The molecule has 0 unspecified atom stereocenters. The van der Waals surface area contributed by atoms with E-state index in [4.69, 9.17) is 0 Å². The highest BCUT2D eigenvalue weighted by Crippen LogP contribution is 2.29. The van der Waals surface area contributed by atoms with Crippen molar-refractivity contribution < 1.29 is 9.50 Å². The number of aromatic nitrogens is 3. The Bertz CT molecular complexity index is 1360. The molecule has 4 aromatic rings. The highest BCUT2D eigenvalue weighted by atomic mass is 19.1. The van der Waals surface area contributed by atoms with Crippen molar-refractivity contribution in [2.75, 3.05) is 6.61 Å². The van der Waals surface area contributed by atoms with E-state index in [-0.39, 0.29) is 19.0 Å². The summed E-state index contributed by atoms with van der Waals surface area (Å²) in [6, 6.07) is 15.9. The van der Waals surface area contributed by atoms with Gasteiger partial charge >= 0.3 is 5.69 Å². The Morgan fingerprint density at radius 1 is 1.00 bits per heavy atom. The zero-order chi connectivity index (χ0) is 22.1. The van der Waals surface area contributed by atoms with Crippen molar-refractivity contribution in [1.29, 1.82) is 0 Å². The van der Waals surface area contributed by atoms with E-state index in [1.807, 2.05) is 41.8 Å². The second-order valence-corrected chi connectivity index (χ2v) is 7.67. The van der Waals surface area contributed by atoms with Crippen molar-refractivity contribution in [3.63, 3.8) is 0 Å². The summed E-state index contributed by atoms with van der Waals surface area (Å²) in [5.41, 5.74) is 3.77. The first kappa shape index (κ1) is 20.8. The van der Waals surface area contributed by atoms with Gasteiger partial charge in [-0.2, -0.15) is 0 Å². The van der Waals surface area contributed by atoms with Gasteiger partial charge in [-0.25, -0.2) is 9.18 Å². The molecular formula is C24H24FN3O3. The molecule has 2 aromatic heterocycles. The van der Waals surface area contributed by atoms with Crippen molar-refractivity contribution in [3.05, 3.63) is 92.4 Å². The number of hydrogen-bond acceptors (Lipinski definition) is 3. The largest absolute Gasteiger partial charge is 0.396 e. The molecule has 2 aromatic carbocycles. The van der Waals surface area contributed by atoms with Gasteiger partial charge in [-0.1, -0.05) is 36.4 Å². The Labute approximate surface area is 178 Å². The Hall–Kier alpha value is -3.45. The van der Waals surface area contributed by atoms with E-state index in [2.05, 4.69) is 0 Å². The lowest BCUT2D eigenvalue weighted by Gasteiger charge is -2.14. The summed E-state index contributed by atoms with van der Waals surface area (Å²) in [6.45, 7) is 2.37. The smallest absolute Gasteiger partial charge is 0.331 e. The third-order valence-electron chi connectivity index (χ3n) is 5.62. The van der Waals surface area contributed by atoms with Gasteiger partial charge in [-0.05, 0) is 42.7 Å². The second kappa shape index (κ2) is 8.35. The van der Waals surface area contributed by atoms with Gasteiger partial charge in [0, 0.05) is 32.3 Å². The van der Waals surface area contributed by atoms with Crippen molar-refractivity contribution >= 4 is 11.0 Å². The fourth-order valence-corrected chi connectivity index (χ4v) is 3.96. The maximum Gasteiger partial charge on any atom is 0.331 e. The van der Waals surface area contributed by atoms with Crippen LogP contribution in [0.25, 0.3) is 22.3 Å². The zero-order valence-electron chi connectivity index (χ0n) is 17.5. The normalized spacial score (nSPS) is 11.4. The minimum absolute atomic E-state index is 0.112. The fraction of sp³-hybridized carbons (Fsp3) is 0.250. The Balaban J connectivity index is 2.04. The van der Waals surface area contributed by atoms with Gasteiger partial charge in [0.25, 0.3) is 5.56 Å². The molecule has 0 atom stereocenters. The van der Waals surface area contributed by atoms with Crippen molar-refractivity contribution in [2.45, 2.75) is 26.4 Å². The van der Waals surface area contributed by atoms with Crippen LogP contribution in [0.5, 0.6) is 0 Å². The first-order chi connectivity index (χ1) is 14.9. The van der Waals surface area contributed by atoms with E-state index < -0.39 is 11.2 Å². The topological polar surface area (TPSA) is 69.2 Å². The van der Waals surface area contributed by atoms with Crippen LogP contribution in [0.15, 0.2) is 64.2 Å². The Morgan fingerprint density at radius 3 is 2.39 bits per heavy atom. The van der Waals surface area contributed by atoms with Gasteiger partial charge in [-0.15, -0.1) is 0 Å². The monoisotopic (exact) mass is 421 g/mol. The molecule has 0 aliphatic heterocycles. The molecule has 7 heteroatoms. The summed E-state index contributed by atoms with van der Waals surface area (Å²) in [7, 11) is 1.64. The molecule has 6 nitrogen and oxygen atoms in total. The molecule has 0 aliphatic carbocycles. The number of aliphatic hydroxyl groups is 1.